The molecule has 0 aliphatic rings. The van der Waals surface area contributed by atoms with Gasteiger partial charge in [0.15, 0.2) is 0 Å². The standard InChI is InChI=1S/C14H16N2O/c1-11-8-9-16(15-12(2)17)14(11)10-13-6-4-3-5-7-13/h3-9H,10H2,1-2H3,(H,15,17). The average molecular weight is 228 g/mol. The summed E-state index contributed by atoms with van der Waals surface area (Å²) in [6.07, 6.45) is 2.70. The molecular formula is C14H16N2O. The summed E-state index contributed by atoms with van der Waals surface area (Å²) in [5.41, 5.74) is 6.33. The molecule has 1 aromatic heterocycles. The minimum absolute atomic E-state index is 0.0603. The van der Waals surface area contributed by atoms with Crippen molar-refractivity contribution in [1.82, 2.24) is 4.68 Å². The van der Waals surface area contributed by atoms with Gasteiger partial charge in [0.05, 0.1) is 0 Å². The minimum atomic E-state index is -0.0603. The molecule has 3 nitrogen and oxygen atoms in total. The molecule has 3 heteroatoms. The number of nitrogens with one attached hydrogen (secondary N) is 1. The van der Waals surface area contributed by atoms with E-state index in [0.717, 1.165) is 12.1 Å². The van der Waals surface area contributed by atoms with Crippen molar-refractivity contribution in [3.8, 4) is 0 Å². The van der Waals surface area contributed by atoms with Crippen molar-refractivity contribution in [2.75, 3.05) is 5.43 Å². The van der Waals surface area contributed by atoms with E-state index < -0.39 is 0 Å². The van der Waals surface area contributed by atoms with Gasteiger partial charge in [0.2, 0.25) is 5.91 Å². The Kier molecular flexibility index (Phi) is 3.28. The van der Waals surface area contributed by atoms with Crippen molar-refractivity contribution in [3.63, 3.8) is 0 Å². The number of carbonyl (C=O) groups excluding carboxylic acids is 1. The third kappa shape index (κ3) is 2.75. The Morgan fingerprint density at radius 1 is 1.24 bits per heavy atom. The van der Waals surface area contributed by atoms with Crippen molar-refractivity contribution < 1.29 is 4.79 Å². The molecule has 88 valence electrons. The second-order valence-electron chi connectivity index (χ2n) is 4.15. The van der Waals surface area contributed by atoms with Gasteiger partial charge in [-0.25, -0.2) is 0 Å². The van der Waals surface area contributed by atoms with Gasteiger partial charge in [0.25, 0.3) is 0 Å². The Bertz CT molecular complexity index is 514. The molecule has 0 saturated heterocycles. The van der Waals surface area contributed by atoms with Crippen molar-refractivity contribution in [3.05, 3.63) is 59.4 Å². The first-order valence-electron chi connectivity index (χ1n) is 5.65. The quantitative estimate of drug-likeness (QED) is 0.860. The number of amides is 1. The molecule has 1 heterocycles. The van der Waals surface area contributed by atoms with E-state index in [1.165, 1.54) is 18.1 Å². The van der Waals surface area contributed by atoms with E-state index in [1.807, 2.05) is 30.5 Å². The lowest BCUT2D eigenvalue weighted by molar-refractivity contribution is -0.115. The van der Waals surface area contributed by atoms with Gasteiger partial charge in [0.1, 0.15) is 0 Å². The van der Waals surface area contributed by atoms with E-state index >= 15 is 0 Å². The SMILES string of the molecule is CC(=O)Nn1ccc(C)c1Cc1ccccc1. The average Bonchev–Trinajstić information content (AvgIpc) is 2.62. The maximum Gasteiger partial charge on any atom is 0.235 e. The van der Waals surface area contributed by atoms with Gasteiger partial charge in [-0.15, -0.1) is 0 Å². The van der Waals surface area contributed by atoms with Crippen LogP contribution in [0.2, 0.25) is 0 Å². The molecule has 2 rings (SSSR count). The molecule has 0 saturated carbocycles. The molecule has 0 aliphatic carbocycles. The molecule has 2 aromatic rings. The molecule has 17 heavy (non-hydrogen) atoms. The van der Waals surface area contributed by atoms with Gasteiger partial charge in [-0.2, -0.15) is 0 Å². The largest absolute Gasteiger partial charge is 0.274 e. The number of aryl methyl sites for hydroxylation is 1. The molecule has 0 radical (unpaired) electrons. The normalized spacial score (nSPS) is 10.2. The van der Waals surface area contributed by atoms with Crippen LogP contribution in [0.3, 0.4) is 0 Å². The lowest BCUT2D eigenvalue weighted by atomic mass is 10.1. The van der Waals surface area contributed by atoms with Crippen LogP contribution in [0, 0.1) is 6.92 Å². The third-order valence-electron chi connectivity index (χ3n) is 2.71. The van der Waals surface area contributed by atoms with E-state index in [1.54, 1.807) is 4.68 Å². The zero-order valence-corrected chi connectivity index (χ0v) is 10.1. The summed E-state index contributed by atoms with van der Waals surface area (Å²) >= 11 is 0. The predicted molar refractivity (Wildman–Crippen MR) is 68.5 cm³/mol. The van der Waals surface area contributed by atoms with Gasteiger partial charge in [0, 0.05) is 25.2 Å². The van der Waals surface area contributed by atoms with Gasteiger partial charge in [-0.05, 0) is 24.1 Å². The van der Waals surface area contributed by atoms with E-state index in [-0.39, 0.29) is 5.91 Å². The number of hydrogen-bond donors (Lipinski definition) is 1. The fraction of sp³-hybridized carbons (Fsp3) is 0.214. The summed E-state index contributed by atoms with van der Waals surface area (Å²) in [6.45, 7) is 3.57. The zero-order valence-electron chi connectivity index (χ0n) is 10.1. The molecule has 0 aliphatic heterocycles. The first-order valence-corrected chi connectivity index (χ1v) is 5.65. The Morgan fingerprint density at radius 3 is 2.59 bits per heavy atom. The lowest BCUT2D eigenvalue weighted by Crippen LogP contribution is -2.21. The molecular weight excluding hydrogens is 212 g/mol. The van der Waals surface area contributed by atoms with Crippen molar-refractivity contribution in [1.29, 1.82) is 0 Å². The third-order valence-corrected chi connectivity index (χ3v) is 2.71. The highest BCUT2D eigenvalue weighted by molar-refractivity contribution is 5.81. The van der Waals surface area contributed by atoms with Crippen LogP contribution >= 0.6 is 0 Å². The van der Waals surface area contributed by atoms with Crippen molar-refractivity contribution in [2.45, 2.75) is 20.3 Å². The summed E-state index contributed by atoms with van der Waals surface area (Å²) in [5, 5.41) is 0. The van der Waals surface area contributed by atoms with Gasteiger partial charge in [-0.3, -0.25) is 14.9 Å². The molecule has 0 atom stereocenters. The van der Waals surface area contributed by atoms with Crippen LogP contribution in [-0.2, 0) is 11.2 Å². The topological polar surface area (TPSA) is 34.0 Å². The van der Waals surface area contributed by atoms with Crippen molar-refractivity contribution >= 4 is 5.91 Å². The van der Waals surface area contributed by atoms with Crippen LogP contribution in [0.4, 0.5) is 0 Å². The monoisotopic (exact) mass is 228 g/mol. The fourth-order valence-corrected chi connectivity index (χ4v) is 1.85. The molecule has 0 spiro atoms. The molecule has 1 amide bonds. The number of carbonyl (C=O) groups is 1. The van der Waals surface area contributed by atoms with Crippen molar-refractivity contribution in [2.24, 2.45) is 0 Å². The van der Waals surface area contributed by atoms with Crippen LogP contribution in [-0.4, -0.2) is 10.6 Å². The summed E-state index contributed by atoms with van der Waals surface area (Å²) < 4.78 is 1.80. The molecule has 0 fully saturated rings. The number of hydrogen-bond acceptors (Lipinski definition) is 1. The van der Waals surface area contributed by atoms with Gasteiger partial charge >= 0.3 is 0 Å². The van der Waals surface area contributed by atoms with E-state index in [2.05, 4.69) is 24.5 Å². The van der Waals surface area contributed by atoms with Crippen LogP contribution in [0.5, 0.6) is 0 Å². The first kappa shape index (κ1) is 11.5. The molecule has 1 aromatic carbocycles. The maximum atomic E-state index is 11.1. The highest BCUT2D eigenvalue weighted by Crippen LogP contribution is 2.14. The predicted octanol–water partition coefficient (Wildman–Crippen LogP) is 2.48. The Labute approximate surface area is 101 Å². The second kappa shape index (κ2) is 4.87. The summed E-state index contributed by atoms with van der Waals surface area (Å²) in [7, 11) is 0. The highest BCUT2D eigenvalue weighted by Gasteiger charge is 2.07. The van der Waals surface area contributed by atoms with Crippen LogP contribution in [0.25, 0.3) is 0 Å². The van der Waals surface area contributed by atoms with Gasteiger partial charge in [-0.1, -0.05) is 30.3 Å². The smallest absolute Gasteiger partial charge is 0.235 e. The Balaban J connectivity index is 2.26. The van der Waals surface area contributed by atoms with Crippen LogP contribution < -0.4 is 5.43 Å². The second-order valence-corrected chi connectivity index (χ2v) is 4.15. The van der Waals surface area contributed by atoms with Gasteiger partial charge < -0.3 is 0 Å². The van der Waals surface area contributed by atoms with Crippen LogP contribution in [0.1, 0.15) is 23.7 Å². The fourth-order valence-electron chi connectivity index (χ4n) is 1.85. The number of nitrogens with zero attached hydrogens (tertiary/aromatic N) is 1. The van der Waals surface area contributed by atoms with E-state index in [0.29, 0.717) is 0 Å². The molecule has 1 N–H and O–H groups in total. The summed E-state index contributed by atoms with van der Waals surface area (Å²) in [5.74, 6) is -0.0603. The Morgan fingerprint density at radius 2 is 1.94 bits per heavy atom. The number of benzene rings is 1. The first-order chi connectivity index (χ1) is 8.16. The summed E-state index contributed by atoms with van der Waals surface area (Å²) in [4.78, 5) is 11.1. The maximum absolute atomic E-state index is 11.1. The summed E-state index contributed by atoms with van der Waals surface area (Å²) in [6, 6.07) is 12.2. The zero-order chi connectivity index (χ0) is 12.3. The minimum Gasteiger partial charge on any atom is -0.274 e. The molecule has 0 unspecified atom stereocenters. The number of aromatic nitrogens is 1. The number of rotatable bonds is 3. The van der Waals surface area contributed by atoms with E-state index in [4.69, 9.17) is 0 Å². The highest BCUT2D eigenvalue weighted by atomic mass is 16.2. The van der Waals surface area contributed by atoms with E-state index in [9.17, 15) is 4.79 Å². The molecule has 0 bridgehead atoms. The van der Waals surface area contributed by atoms with Crippen LogP contribution in [0.15, 0.2) is 42.6 Å². The lowest BCUT2D eigenvalue weighted by Gasteiger charge is -2.10. The Hall–Kier alpha value is -2.03.